The Morgan fingerprint density at radius 3 is 2.73 bits per heavy atom. The van der Waals surface area contributed by atoms with Gasteiger partial charge in [0.05, 0.1) is 29.3 Å². The highest BCUT2D eigenvalue weighted by molar-refractivity contribution is 7.90. The standard InChI is InChI=1S/C30H30ClFN4O4S/c1-36-19-34-27-9-6-21(28-11-8-24(40-28)17-33-12-13-41(2,37)38)15-25(27)30(36)35-23-7-10-29(26(31)16-23)39-18-20-4-3-5-22(32)14-20/h3-11,14-16,19,30,33,35H,12-13,17-18H2,1-2H3. The number of sulfone groups is 1. The second-order valence-electron chi connectivity index (χ2n) is 9.87. The van der Waals surface area contributed by atoms with Gasteiger partial charge in [0.1, 0.15) is 45.7 Å². The fraction of sp³-hybridized carbons (Fsp3) is 0.233. The normalized spacial score (nSPS) is 14.6. The Hall–Kier alpha value is -3.86. The van der Waals surface area contributed by atoms with Gasteiger partial charge in [0, 0.05) is 36.7 Å². The summed E-state index contributed by atoms with van der Waals surface area (Å²) in [5, 5.41) is 7.05. The Morgan fingerprint density at radius 1 is 1.10 bits per heavy atom. The second kappa shape index (κ2) is 12.3. The number of ether oxygens (including phenoxy) is 1. The van der Waals surface area contributed by atoms with E-state index in [1.54, 1.807) is 30.6 Å². The van der Waals surface area contributed by atoms with Gasteiger partial charge in [0.15, 0.2) is 0 Å². The quantitative estimate of drug-likeness (QED) is 0.200. The van der Waals surface area contributed by atoms with Crippen molar-refractivity contribution in [2.45, 2.75) is 19.3 Å². The van der Waals surface area contributed by atoms with Crippen molar-refractivity contribution in [1.29, 1.82) is 0 Å². The van der Waals surface area contributed by atoms with E-state index in [2.05, 4.69) is 15.6 Å². The largest absolute Gasteiger partial charge is 0.487 e. The number of aliphatic imine (C=N–C) groups is 1. The number of nitrogens with one attached hydrogen (secondary N) is 2. The Morgan fingerprint density at radius 2 is 1.95 bits per heavy atom. The predicted molar refractivity (Wildman–Crippen MR) is 160 cm³/mol. The number of rotatable bonds is 11. The molecule has 11 heteroatoms. The van der Waals surface area contributed by atoms with Crippen LogP contribution in [0.5, 0.6) is 5.75 Å². The molecule has 41 heavy (non-hydrogen) atoms. The number of nitrogens with zero attached hydrogens (tertiary/aromatic N) is 2. The van der Waals surface area contributed by atoms with E-state index in [0.717, 1.165) is 22.5 Å². The van der Waals surface area contributed by atoms with E-state index in [4.69, 9.17) is 20.8 Å². The van der Waals surface area contributed by atoms with Gasteiger partial charge in [-0.25, -0.2) is 17.8 Å². The lowest BCUT2D eigenvalue weighted by atomic mass is 10.0. The second-order valence-corrected chi connectivity index (χ2v) is 12.5. The van der Waals surface area contributed by atoms with Crippen molar-refractivity contribution in [1.82, 2.24) is 10.2 Å². The molecule has 0 spiro atoms. The molecule has 2 heterocycles. The third-order valence-corrected chi connectivity index (χ3v) is 7.76. The highest BCUT2D eigenvalue weighted by Crippen LogP contribution is 2.38. The van der Waals surface area contributed by atoms with E-state index in [1.165, 1.54) is 18.4 Å². The van der Waals surface area contributed by atoms with Crippen molar-refractivity contribution in [2.75, 3.05) is 30.9 Å². The van der Waals surface area contributed by atoms with Gasteiger partial charge in [-0.05, 0) is 66.2 Å². The number of benzene rings is 3. The van der Waals surface area contributed by atoms with Gasteiger partial charge >= 0.3 is 0 Å². The van der Waals surface area contributed by atoms with Crippen LogP contribution in [-0.2, 0) is 23.0 Å². The van der Waals surface area contributed by atoms with Crippen molar-refractivity contribution >= 4 is 39.2 Å². The Labute approximate surface area is 243 Å². The van der Waals surface area contributed by atoms with Gasteiger partial charge in [-0.2, -0.15) is 0 Å². The fourth-order valence-corrected chi connectivity index (χ4v) is 5.16. The summed E-state index contributed by atoms with van der Waals surface area (Å²) in [4.78, 5) is 6.53. The molecule has 4 aromatic rings. The molecule has 1 atom stereocenters. The van der Waals surface area contributed by atoms with Gasteiger partial charge in [0.25, 0.3) is 0 Å². The fourth-order valence-electron chi connectivity index (χ4n) is 4.41. The van der Waals surface area contributed by atoms with Gasteiger partial charge in [-0.3, -0.25) is 0 Å². The maximum atomic E-state index is 13.5. The van der Waals surface area contributed by atoms with Crippen molar-refractivity contribution in [3.63, 3.8) is 0 Å². The zero-order valence-corrected chi connectivity index (χ0v) is 24.2. The molecule has 3 aromatic carbocycles. The third-order valence-electron chi connectivity index (χ3n) is 6.52. The first-order chi connectivity index (χ1) is 19.6. The zero-order chi connectivity index (χ0) is 29.0. The Kier molecular flexibility index (Phi) is 8.63. The molecule has 0 bridgehead atoms. The van der Waals surface area contributed by atoms with E-state index in [-0.39, 0.29) is 24.3 Å². The van der Waals surface area contributed by atoms with Gasteiger partial charge < -0.3 is 24.7 Å². The van der Waals surface area contributed by atoms with Crippen LogP contribution >= 0.6 is 11.6 Å². The molecule has 2 N–H and O–H groups in total. The van der Waals surface area contributed by atoms with Crippen LogP contribution in [0.4, 0.5) is 15.8 Å². The zero-order valence-electron chi connectivity index (χ0n) is 22.6. The van der Waals surface area contributed by atoms with Crippen LogP contribution in [0.3, 0.4) is 0 Å². The molecule has 5 rings (SSSR count). The number of halogens is 2. The molecule has 0 fully saturated rings. The molecule has 0 saturated carbocycles. The Bertz CT molecular complexity index is 1670. The molecule has 214 valence electrons. The summed E-state index contributed by atoms with van der Waals surface area (Å²) in [5.41, 5.74) is 4.18. The minimum Gasteiger partial charge on any atom is -0.487 e. The minimum atomic E-state index is -3.02. The lowest BCUT2D eigenvalue weighted by Gasteiger charge is -2.32. The first kappa shape index (κ1) is 28.7. The lowest BCUT2D eigenvalue weighted by molar-refractivity contribution is 0.306. The number of hydrogen-bond acceptors (Lipinski definition) is 8. The van der Waals surface area contributed by atoms with E-state index in [1.807, 2.05) is 48.3 Å². The van der Waals surface area contributed by atoms with E-state index >= 15 is 0 Å². The number of furan rings is 1. The van der Waals surface area contributed by atoms with Crippen LogP contribution in [0.25, 0.3) is 11.3 Å². The molecule has 1 aliphatic heterocycles. The minimum absolute atomic E-state index is 0.0731. The van der Waals surface area contributed by atoms with Crippen molar-refractivity contribution in [3.05, 3.63) is 101 Å². The summed E-state index contributed by atoms with van der Waals surface area (Å²) in [6.45, 7) is 0.989. The lowest BCUT2D eigenvalue weighted by Crippen LogP contribution is -2.31. The maximum Gasteiger partial charge on any atom is 0.148 e. The summed E-state index contributed by atoms with van der Waals surface area (Å²) in [6.07, 6.45) is 2.75. The first-order valence-electron chi connectivity index (χ1n) is 13.0. The SMILES string of the molecule is CN1C=Nc2ccc(-c3ccc(CNCCS(C)(=O)=O)o3)cc2C1Nc1ccc(OCc2cccc(F)c2)c(Cl)c1. The molecule has 0 radical (unpaired) electrons. The van der Waals surface area contributed by atoms with Gasteiger partial charge in [-0.1, -0.05) is 23.7 Å². The summed E-state index contributed by atoms with van der Waals surface area (Å²) in [5.74, 6) is 1.68. The van der Waals surface area contributed by atoms with Crippen LogP contribution in [0.2, 0.25) is 5.02 Å². The molecule has 1 aliphatic rings. The molecule has 0 saturated heterocycles. The monoisotopic (exact) mass is 596 g/mol. The van der Waals surface area contributed by atoms with Crippen molar-refractivity contribution in [2.24, 2.45) is 4.99 Å². The third kappa shape index (κ3) is 7.46. The number of anilines is 1. The van der Waals surface area contributed by atoms with Gasteiger partial charge in [-0.15, -0.1) is 0 Å². The Balaban J connectivity index is 1.28. The van der Waals surface area contributed by atoms with Crippen LogP contribution in [-0.4, -0.2) is 45.3 Å². The van der Waals surface area contributed by atoms with E-state index in [9.17, 15) is 12.8 Å². The molecule has 0 amide bonds. The van der Waals surface area contributed by atoms with Crippen LogP contribution < -0.4 is 15.4 Å². The molecule has 1 aromatic heterocycles. The molecule has 8 nitrogen and oxygen atoms in total. The highest BCUT2D eigenvalue weighted by atomic mass is 35.5. The van der Waals surface area contributed by atoms with Crippen molar-refractivity contribution < 1.29 is 22.0 Å². The topological polar surface area (TPSA) is 96.2 Å². The van der Waals surface area contributed by atoms with Crippen LogP contribution in [0, 0.1) is 5.82 Å². The maximum absolute atomic E-state index is 13.5. The summed E-state index contributed by atoms with van der Waals surface area (Å²) in [6, 6.07) is 21.4. The summed E-state index contributed by atoms with van der Waals surface area (Å²) >= 11 is 6.53. The molecular weight excluding hydrogens is 567 g/mol. The predicted octanol–water partition coefficient (Wildman–Crippen LogP) is 6.17. The van der Waals surface area contributed by atoms with E-state index < -0.39 is 9.84 Å². The molecular formula is C30H30ClFN4O4S. The number of hydrogen-bond donors (Lipinski definition) is 2. The average Bonchev–Trinajstić information content (AvgIpc) is 3.41. The summed E-state index contributed by atoms with van der Waals surface area (Å²) in [7, 11) is -1.08. The van der Waals surface area contributed by atoms with Crippen LogP contribution in [0.15, 0.2) is 82.2 Å². The number of fused-ring (bicyclic) bond motifs is 1. The van der Waals surface area contributed by atoms with Gasteiger partial charge in [0.2, 0.25) is 0 Å². The smallest absolute Gasteiger partial charge is 0.148 e. The van der Waals surface area contributed by atoms with E-state index in [0.29, 0.717) is 40.9 Å². The first-order valence-corrected chi connectivity index (χ1v) is 15.4. The highest BCUT2D eigenvalue weighted by Gasteiger charge is 2.23. The molecule has 1 unspecified atom stereocenters. The average molecular weight is 597 g/mol. The molecule has 0 aliphatic carbocycles. The van der Waals surface area contributed by atoms with Crippen LogP contribution in [0.1, 0.15) is 23.1 Å². The summed E-state index contributed by atoms with van der Waals surface area (Å²) < 4.78 is 48.0. The van der Waals surface area contributed by atoms with Crippen molar-refractivity contribution in [3.8, 4) is 17.1 Å².